The van der Waals surface area contributed by atoms with E-state index in [9.17, 15) is 4.79 Å². The van der Waals surface area contributed by atoms with E-state index in [1.807, 2.05) is 25.1 Å². The smallest absolute Gasteiger partial charge is 0.251 e. The average Bonchev–Trinajstić information content (AvgIpc) is 2.30. The lowest BCUT2D eigenvalue weighted by Gasteiger charge is -2.11. The third-order valence-electron chi connectivity index (χ3n) is 2.51. The fourth-order valence-corrected chi connectivity index (χ4v) is 2.35. The summed E-state index contributed by atoms with van der Waals surface area (Å²) in [6.45, 7) is 1.98. The number of nitrogen functional groups attached to an aromatic ring is 1. The maximum atomic E-state index is 11.4. The Labute approximate surface area is 119 Å². The molecule has 1 amide bonds. The molecule has 1 aromatic heterocycles. The standard InChI is InChI=1S/C13H13BrN4O/c1-7-2-8(14)4-9(3-7)18-11-6-17-12(15)5-10(11)13(16)19/h2-6,18H,1H3,(H2,15,17)(H2,16,19). The number of nitrogens with two attached hydrogens (primary N) is 2. The molecule has 0 unspecified atom stereocenters. The summed E-state index contributed by atoms with van der Waals surface area (Å²) in [6.07, 6.45) is 1.49. The number of nitrogens with zero attached hydrogens (tertiary/aromatic N) is 1. The highest BCUT2D eigenvalue weighted by atomic mass is 79.9. The minimum Gasteiger partial charge on any atom is -0.384 e. The van der Waals surface area contributed by atoms with E-state index in [4.69, 9.17) is 11.5 Å². The lowest BCUT2D eigenvalue weighted by Crippen LogP contribution is -2.14. The number of carbonyl (C=O) groups is 1. The molecule has 0 aliphatic heterocycles. The number of carbonyl (C=O) groups excluding carboxylic acids is 1. The van der Waals surface area contributed by atoms with Crippen LogP contribution in [0.3, 0.4) is 0 Å². The van der Waals surface area contributed by atoms with Crippen LogP contribution in [0.4, 0.5) is 17.2 Å². The number of pyridine rings is 1. The molecule has 98 valence electrons. The van der Waals surface area contributed by atoms with Crippen LogP contribution in [0.25, 0.3) is 0 Å². The number of aryl methyl sites for hydroxylation is 1. The Kier molecular flexibility index (Phi) is 3.71. The summed E-state index contributed by atoms with van der Waals surface area (Å²) in [7, 11) is 0. The molecule has 19 heavy (non-hydrogen) atoms. The number of hydrogen-bond acceptors (Lipinski definition) is 4. The number of aromatic nitrogens is 1. The van der Waals surface area contributed by atoms with E-state index in [1.54, 1.807) is 0 Å². The Hall–Kier alpha value is -2.08. The highest BCUT2D eigenvalue weighted by Crippen LogP contribution is 2.25. The van der Waals surface area contributed by atoms with Gasteiger partial charge in [0.25, 0.3) is 5.91 Å². The monoisotopic (exact) mass is 320 g/mol. The molecule has 0 atom stereocenters. The number of halogens is 1. The summed E-state index contributed by atoms with van der Waals surface area (Å²) in [5.74, 6) is -0.298. The zero-order valence-electron chi connectivity index (χ0n) is 10.3. The normalized spacial score (nSPS) is 10.2. The molecule has 0 bridgehead atoms. The van der Waals surface area contributed by atoms with Crippen molar-refractivity contribution in [2.24, 2.45) is 5.73 Å². The van der Waals surface area contributed by atoms with Crippen molar-refractivity contribution in [1.29, 1.82) is 0 Å². The van der Waals surface area contributed by atoms with E-state index >= 15 is 0 Å². The van der Waals surface area contributed by atoms with Gasteiger partial charge in [0, 0.05) is 10.2 Å². The van der Waals surface area contributed by atoms with Gasteiger partial charge >= 0.3 is 0 Å². The second-order valence-electron chi connectivity index (χ2n) is 4.16. The number of rotatable bonds is 3. The third kappa shape index (κ3) is 3.23. The number of amides is 1. The topological polar surface area (TPSA) is 94.0 Å². The number of hydrogen-bond donors (Lipinski definition) is 3. The number of nitrogens with one attached hydrogen (secondary N) is 1. The van der Waals surface area contributed by atoms with Crippen LogP contribution in [0.1, 0.15) is 15.9 Å². The Bertz CT molecular complexity index is 622. The number of primary amides is 1. The zero-order valence-corrected chi connectivity index (χ0v) is 11.9. The zero-order chi connectivity index (χ0) is 14.0. The van der Waals surface area contributed by atoms with E-state index in [1.165, 1.54) is 12.3 Å². The predicted molar refractivity (Wildman–Crippen MR) is 79.3 cm³/mol. The van der Waals surface area contributed by atoms with Gasteiger partial charge < -0.3 is 16.8 Å². The van der Waals surface area contributed by atoms with Gasteiger partial charge in [-0.05, 0) is 36.8 Å². The second-order valence-corrected chi connectivity index (χ2v) is 5.08. The van der Waals surface area contributed by atoms with E-state index in [2.05, 4.69) is 26.2 Å². The van der Waals surface area contributed by atoms with Crippen molar-refractivity contribution < 1.29 is 4.79 Å². The number of anilines is 3. The van der Waals surface area contributed by atoms with Crippen molar-refractivity contribution in [3.63, 3.8) is 0 Å². The van der Waals surface area contributed by atoms with Gasteiger partial charge in [-0.3, -0.25) is 4.79 Å². The Morgan fingerprint density at radius 3 is 2.68 bits per heavy atom. The van der Waals surface area contributed by atoms with E-state index in [-0.39, 0.29) is 5.82 Å². The molecular weight excluding hydrogens is 308 g/mol. The molecule has 0 aliphatic carbocycles. The number of benzene rings is 1. The van der Waals surface area contributed by atoms with Crippen LogP contribution in [0, 0.1) is 6.92 Å². The van der Waals surface area contributed by atoms with Gasteiger partial charge in [-0.15, -0.1) is 0 Å². The molecule has 0 fully saturated rings. The molecule has 2 aromatic rings. The molecule has 1 aromatic carbocycles. The van der Waals surface area contributed by atoms with Gasteiger partial charge in [0.1, 0.15) is 5.82 Å². The van der Waals surface area contributed by atoms with Gasteiger partial charge in [-0.25, -0.2) is 4.98 Å². The van der Waals surface area contributed by atoms with Crippen LogP contribution in [0.15, 0.2) is 34.9 Å². The summed E-state index contributed by atoms with van der Waals surface area (Å²) < 4.78 is 0.944. The maximum absolute atomic E-state index is 11.4. The summed E-state index contributed by atoms with van der Waals surface area (Å²) in [4.78, 5) is 15.3. The van der Waals surface area contributed by atoms with Crippen molar-refractivity contribution in [2.75, 3.05) is 11.1 Å². The minimum atomic E-state index is -0.552. The largest absolute Gasteiger partial charge is 0.384 e. The van der Waals surface area contributed by atoms with Crippen LogP contribution in [-0.4, -0.2) is 10.9 Å². The first-order valence-electron chi connectivity index (χ1n) is 5.55. The average molecular weight is 321 g/mol. The molecule has 0 aliphatic rings. The predicted octanol–water partition coefficient (Wildman–Crippen LogP) is 2.58. The van der Waals surface area contributed by atoms with Crippen molar-refractivity contribution in [3.05, 3.63) is 46.1 Å². The summed E-state index contributed by atoms with van der Waals surface area (Å²) >= 11 is 3.42. The molecule has 5 N–H and O–H groups in total. The van der Waals surface area contributed by atoms with Crippen LogP contribution in [0.5, 0.6) is 0 Å². The lowest BCUT2D eigenvalue weighted by atomic mass is 10.2. The van der Waals surface area contributed by atoms with Gasteiger partial charge in [-0.2, -0.15) is 0 Å². The molecule has 0 radical (unpaired) electrons. The lowest BCUT2D eigenvalue weighted by molar-refractivity contribution is 0.100. The first kappa shape index (κ1) is 13.4. The molecule has 2 rings (SSSR count). The summed E-state index contributed by atoms with van der Waals surface area (Å²) in [6, 6.07) is 7.29. The first-order chi connectivity index (χ1) is 8.95. The molecule has 6 heteroatoms. The highest BCUT2D eigenvalue weighted by Gasteiger charge is 2.10. The quantitative estimate of drug-likeness (QED) is 0.810. The maximum Gasteiger partial charge on any atom is 0.251 e. The van der Waals surface area contributed by atoms with Gasteiger partial charge in [0.2, 0.25) is 0 Å². The Morgan fingerprint density at radius 1 is 1.32 bits per heavy atom. The molecule has 1 heterocycles. The minimum absolute atomic E-state index is 0.254. The van der Waals surface area contributed by atoms with Gasteiger partial charge in [0.05, 0.1) is 17.4 Å². The van der Waals surface area contributed by atoms with E-state index in [0.717, 1.165) is 15.7 Å². The SMILES string of the molecule is Cc1cc(Br)cc(Nc2cnc(N)cc2C(N)=O)c1. The second kappa shape index (κ2) is 5.27. The van der Waals surface area contributed by atoms with Crippen molar-refractivity contribution in [1.82, 2.24) is 4.98 Å². The van der Waals surface area contributed by atoms with Crippen molar-refractivity contribution in [2.45, 2.75) is 6.92 Å². The van der Waals surface area contributed by atoms with Crippen LogP contribution < -0.4 is 16.8 Å². The molecule has 0 saturated carbocycles. The van der Waals surface area contributed by atoms with Crippen molar-refractivity contribution >= 4 is 39.0 Å². The van der Waals surface area contributed by atoms with E-state index in [0.29, 0.717) is 11.3 Å². The first-order valence-corrected chi connectivity index (χ1v) is 6.34. The highest BCUT2D eigenvalue weighted by molar-refractivity contribution is 9.10. The van der Waals surface area contributed by atoms with Crippen LogP contribution >= 0.6 is 15.9 Å². The van der Waals surface area contributed by atoms with Gasteiger partial charge in [-0.1, -0.05) is 15.9 Å². The fourth-order valence-electron chi connectivity index (χ4n) is 1.74. The Balaban J connectivity index is 2.40. The van der Waals surface area contributed by atoms with E-state index < -0.39 is 5.91 Å². The van der Waals surface area contributed by atoms with Crippen LogP contribution in [0.2, 0.25) is 0 Å². The molecule has 5 nitrogen and oxygen atoms in total. The summed E-state index contributed by atoms with van der Waals surface area (Å²) in [5, 5.41) is 3.11. The molecule has 0 spiro atoms. The van der Waals surface area contributed by atoms with Gasteiger partial charge in [0.15, 0.2) is 0 Å². The fraction of sp³-hybridized carbons (Fsp3) is 0.0769. The summed E-state index contributed by atoms with van der Waals surface area (Å²) in [5.41, 5.74) is 13.6. The molecule has 0 saturated heterocycles. The molecular formula is C13H13BrN4O. The Morgan fingerprint density at radius 2 is 2.05 bits per heavy atom. The van der Waals surface area contributed by atoms with Crippen molar-refractivity contribution in [3.8, 4) is 0 Å². The third-order valence-corrected chi connectivity index (χ3v) is 2.97. The van der Waals surface area contributed by atoms with Crippen LogP contribution in [-0.2, 0) is 0 Å².